The monoisotopic (exact) mass is 403 g/mol. The molecule has 1 aliphatic carbocycles. The van der Waals surface area contributed by atoms with Crippen LogP contribution >= 0.6 is 15.9 Å². The SMILES string of the molecule is O=C1[C@@H]2CCCC[C@H]2C(=O)N1c1cnn(COc2ccc(Br)cc2)c1. The fourth-order valence-electron chi connectivity index (χ4n) is 3.63. The van der Waals surface area contributed by atoms with Crippen LogP contribution in [-0.2, 0) is 16.3 Å². The van der Waals surface area contributed by atoms with E-state index in [-0.39, 0.29) is 30.4 Å². The molecule has 130 valence electrons. The number of amides is 2. The second-order valence-electron chi connectivity index (χ2n) is 6.47. The molecule has 0 N–H and O–H groups in total. The number of halogens is 1. The molecule has 0 bridgehead atoms. The van der Waals surface area contributed by atoms with E-state index in [0.717, 1.165) is 35.9 Å². The first kappa shape index (κ1) is 16.3. The summed E-state index contributed by atoms with van der Waals surface area (Å²) in [6.45, 7) is 0.213. The Morgan fingerprint density at radius 1 is 1.08 bits per heavy atom. The molecule has 2 heterocycles. The van der Waals surface area contributed by atoms with Crippen molar-refractivity contribution in [2.75, 3.05) is 4.90 Å². The third kappa shape index (κ3) is 3.08. The molecule has 1 saturated heterocycles. The van der Waals surface area contributed by atoms with E-state index < -0.39 is 0 Å². The maximum absolute atomic E-state index is 12.6. The number of fused-ring (bicyclic) bond motifs is 1. The predicted molar refractivity (Wildman–Crippen MR) is 94.9 cm³/mol. The average molecular weight is 404 g/mol. The minimum atomic E-state index is -0.149. The molecule has 0 radical (unpaired) electrons. The number of hydrogen-bond acceptors (Lipinski definition) is 4. The lowest BCUT2D eigenvalue weighted by molar-refractivity contribution is -0.122. The Labute approximate surface area is 153 Å². The van der Waals surface area contributed by atoms with Crippen molar-refractivity contribution in [3.05, 3.63) is 41.1 Å². The molecular formula is C18H18BrN3O3. The van der Waals surface area contributed by atoms with Gasteiger partial charge in [0.05, 0.1) is 29.9 Å². The van der Waals surface area contributed by atoms with E-state index in [1.54, 1.807) is 17.1 Å². The summed E-state index contributed by atoms with van der Waals surface area (Å²) in [5.41, 5.74) is 0.531. The highest BCUT2D eigenvalue weighted by molar-refractivity contribution is 9.10. The van der Waals surface area contributed by atoms with Crippen molar-refractivity contribution in [3.8, 4) is 5.75 Å². The third-order valence-electron chi connectivity index (χ3n) is 4.90. The van der Waals surface area contributed by atoms with Crippen LogP contribution in [0.25, 0.3) is 0 Å². The highest BCUT2D eigenvalue weighted by Gasteiger charge is 2.49. The molecular weight excluding hydrogens is 386 g/mol. The minimum Gasteiger partial charge on any atom is -0.471 e. The summed E-state index contributed by atoms with van der Waals surface area (Å²) in [5, 5.41) is 4.22. The molecule has 1 aromatic heterocycles. The van der Waals surface area contributed by atoms with E-state index in [0.29, 0.717) is 5.69 Å². The Balaban J connectivity index is 1.46. The van der Waals surface area contributed by atoms with Crippen LogP contribution < -0.4 is 9.64 Å². The van der Waals surface area contributed by atoms with E-state index in [1.807, 2.05) is 24.3 Å². The summed E-state index contributed by atoms with van der Waals surface area (Å²) in [7, 11) is 0. The molecule has 1 saturated carbocycles. The Bertz CT molecular complexity index is 778. The molecule has 1 aliphatic heterocycles. The molecule has 2 aliphatic rings. The van der Waals surface area contributed by atoms with E-state index in [4.69, 9.17) is 4.74 Å². The summed E-state index contributed by atoms with van der Waals surface area (Å²) >= 11 is 3.38. The van der Waals surface area contributed by atoms with Crippen LogP contribution in [-0.4, -0.2) is 21.6 Å². The number of imide groups is 1. The predicted octanol–water partition coefficient (Wildman–Crippen LogP) is 3.36. The van der Waals surface area contributed by atoms with Crippen LogP contribution in [0.5, 0.6) is 5.75 Å². The number of rotatable bonds is 4. The van der Waals surface area contributed by atoms with Gasteiger partial charge >= 0.3 is 0 Å². The maximum Gasteiger partial charge on any atom is 0.237 e. The lowest BCUT2D eigenvalue weighted by Gasteiger charge is -2.19. The molecule has 2 atom stereocenters. The van der Waals surface area contributed by atoms with Gasteiger partial charge in [0.2, 0.25) is 11.8 Å². The number of carbonyl (C=O) groups is 2. The van der Waals surface area contributed by atoms with Crippen LogP contribution in [0.4, 0.5) is 5.69 Å². The molecule has 25 heavy (non-hydrogen) atoms. The number of anilines is 1. The number of carbonyl (C=O) groups excluding carboxylic acids is 2. The van der Waals surface area contributed by atoms with Gasteiger partial charge in [0.1, 0.15) is 5.75 Å². The summed E-state index contributed by atoms with van der Waals surface area (Å²) in [5.74, 6) is 0.262. The van der Waals surface area contributed by atoms with Crippen molar-refractivity contribution in [1.29, 1.82) is 0 Å². The molecule has 0 spiro atoms. The molecule has 2 aromatic rings. The highest BCUT2D eigenvalue weighted by Crippen LogP contribution is 2.39. The smallest absolute Gasteiger partial charge is 0.237 e. The van der Waals surface area contributed by atoms with E-state index in [1.165, 1.54) is 4.90 Å². The molecule has 4 rings (SSSR count). The molecule has 1 aromatic carbocycles. The van der Waals surface area contributed by atoms with Gasteiger partial charge < -0.3 is 4.74 Å². The fraction of sp³-hybridized carbons (Fsp3) is 0.389. The molecule has 0 unspecified atom stereocenters. The van der Waals surface area contributed by atoms with Crippen molar-refractivity contribution in [2.45, 2.75) is 32.4 Å². The number of nitrogens with zero attached hydrogens (tertiary/aromatic N) is 3. The minimum absolute atomic E-state index is 0.0805. The number of aromatic nitrogens is 2. The van der Waals surface area contributed by atoms with Gasteiger partial charge in [0, 0.05) is 4.47 Å². The number of ether oxygens (including phenoxy) is 1. The zero-order valence-corrected chi connectivity index (χ0v) is 15.2. The van der Waals surface area contributed by atoms with Crippen LogP contribution in [0, 0.1) is 11.8 Å². The fourth-order valence-corrected chi connectivity index (χ4v) is 3.89. The van der Waals surface area contributed by atoms with E-state index >= 15 is 0 Å². The summed E-state index contributed by atoms with van der Waals surface area (Å²) in [6.07, 6.45) is 6.91. The van der Waals surface area contributed by atoms with Crippen molar-refractivity contribution in [1.82, 2.24) is 9.78 Å². The summed E-state index contributed by atoms with van der Waals surface area (Å²) in [6, 6.07) is 7.50. The Kier molecular flexibility index (Phi) is 4.33. The van der Waals surface area contributed by atoms with Crippen LogP contribution in [0.3, 0.4) is 0 Å². The second kappa shape index (κ2) is 6.63. The van der Waals surface area contributed by atoms with Crippen LogP contribution in [0.2, 0.25) is 0 Å². The zero-order valence-electron chi connectivity index (χ0n) is 13.6. The first-order chi connectivity index (χ1) is 12.1. The van der Waals surface area contributed by atoms with Gasteiger partial charge in [0.25, 0.3) is 0 Å². The Morgan fingerprint density at radius 3 is 2.36 bits per heavy atom. The quantitative estimate of drug-likeness (QED) is 0.734. The van der Waals surface area contributed by atoms with Gasteiger partial charge in [-0.15, -0.1) is 0 Å². The average Bonchev–Trinajstić information content (AvgIpc) is 3.18. The van der Waals surface area contributed by atoms with Crippen molar-refractivity contribution >= 4 is 33.4 Å². The number of benzene rings is 1. The first-order valence-corrected chi connectivity index (χ1v) is 9.21. The van der Waals surface area contributed by atoms with E-state index in [2.05, 4.69) is 21.0 Å². The lowest BCUT2D eigenvalue weighted by atomic mass is 9.81. The van der Waals surface area contributed by atoms with Crippen molar-refractivity contribution in [2.24, 2.45) is 11.8 Å². The van der Waals surface area contributed by atoms with Gasteiger partial charge in [-0.1, -0.05) is 28.8 Å². The van der Waals surface area contributed by atoms with Crippen LogP contribution in [0.15, 0.2) is 41.1 Å². The molecule has 2 amide bonds. The highest BCUT2D eigenvalue weighted by atomic mass is 79.9. The molecule has 6 nitrogen and oxygen atoms in total. The Hall–Kier alpha value is -2.15. The van der Waals surface area contributed by atoms with Crippen molar-refractivity contribution < 1.29 is 14.3 Å². The molecule has 7 heteroatoms. The molecule has 2 fully saturated rings. The lowest BCUT2D eigenvalue weighted by Crippen LogP contribution is -2.30. The maximum atomic E-state index is 12.6. The van der Waals surface area contributed by atoms with Gasteiger partial charge in [-0.05, 0) is 37.1 Å². The number of hydrogen-bond donors (Lipinski definition) is 0. The van der Waals surface area contributed by atoms with Gasteiger partial charge in [-0.25, -0.2) is 9.58 Å². The zero-order chi connectivity index (χ0) is 17.4. The second-order valence-corrected chi connectivity index (χ2v) is 7.39. The third-order valence-corrected chi connectivity index (χ3v) is 5.42. The van der Waals surface area contributed by atoms with Gasteiger partial charge in [-0.3, -0.25) is 9.59 Å². The Morgan fingerprint density at radius 2 is 1.72 bits per heavy atom. The van der Waals surface area contributed by atoms with Gasteiger partial charge in [0.15, 0.2) is 6.73 Å². The van der Waals surface area contributed by atoms with E-state index in [9.17, 15) is 9.59 Å². The van der Waals surface area contributed by atoms with Crippen LogP contribution in [0.1, 0.15) is 25.7 Å². The van der Waals surface area contributed by atoms with Crippen molar-refractivity contribution in [3.63, 3.8) is 0 Å². The summed E-state index contributed by atoms with van der Waals surface area (Å²) < 4.78 is 8.23. The topological polar surface area (TPSA) is 64.4 Å². The largest absolute Gasteiger partial charge is 0.471 e. The normalized spacial score (nSPS) is 23.0. The standard InChI is InChI=1S/C18H18BrN3O3/c19-12-5-7-14(8-6-12)25-11-21-10-13(9-20-21)22-17(23)15-3-1-2-4-16(15)18(22)24/h5-10,15-16H,1-4,11H2/t15-,16-/m1/s1. The first-order valence-electron chi connectivity index (χ1n) is 8.42. The van der Waals surface area contributed by atoms with Gasteiger partial charge in [-0.2, -0.15) is 5.10 Å². The summed E-state index contributed by atoms with van der Waals surface area (Å²) in [4.78, 5) is 26.5.